The molecule has 0 heterocycles. The van der Waals surface area contributed by atoms with Crippen LogP contribution in [0, 0.1) is 12.7 Å². The Morgan fingerprint density at radius 1 is 1.03 bits per heavy atom. The molecule has 31 heavy (non-hydrogen) atoms. The Bertz CT molecular complexity index is 1180. The average Bonchev–Trinajstić information content (AvgIpc) is 2.76. The van der Waals surface area contributed by atoms with E-state index in [0.717, 1.165) is 16.5 Å². The number of amides is 1. The molecule has 3 aromatic carbocycles. The lowest BCUT2D eigenvalue weighted by molar-refractivity contribution is 0.0785. The van der Waals surface area contributed by atoms with Crippen molar-refractivity contribution in [3.8, 4) is 0 Å². The zero-order valence-electron chi connectivity index (χ0n) is 17.4. The lowest BCUT2D eigenvalue weighted by Crippen LogP contribution is -2.26. The number of benzene rings is 3. The van der Waals surface area contributed by atoms with E-state index in [1.54, 1.807) is 35.8 Å². The fourth-order valence-electron chi connectivity index (χ4n) is 2.98. The Morgan fingerprint density at radius 2 is 1.68 bits per heavy atom. The lowest BCUT2D eigenvalue weighted by atomic mass is 10.1. The van der Waals surface area contributed by atoms with Gasteiger partial charge in [-0.25, -0.2) is 12.8 Å². The summed E-state index contributed by atoms with van der Waals surface area (Å²) in [6, 6.07) is 17.8. The normalized spacial score (nSPS) is 11.2. The number of carbonyl (C=O) groups excluding carboxylic acids is 1. The van der Waals surface area contributed by atoms with Crippen LogP contribution in [0.5, 0.6) is 0 Å². The fraction of sp³-hybridized carbons (Fsp3) is 0.174. The maximum Gasteiger partial charge on any atom is 0.261 e. The van der Waals surface area contributed by atoms with E-state index in [-0.39, 0.29) is 16.4 Å². The van der Waals surface area contributed by atoms with Crippen LogP contribution < -0.4 is 4.72 Å². The van der Waals surface area contributed by atoms with E-state index in [9.17, 15) is 17.6 Å². The minimum atomic E-state index is -3.86. The predicted octanol–water partition coefficient (Wildman–Crippen LogP) is 4.93. The maximum atomic E-state index is 13.4. The molecule has 0 aliphatic carbocycles. The summed E-state index contributed by atoms with van der Waals surface area (Å²) in [5.74, 6) is -0.636. The number of hydrogen-bond acceptors (Lipinski definition) is 4. The largest absolute Gasteiger partial charge is 0.337 e. The van der Waals surface area contributed by atoms with E-state index in [0.29, 0.717) is 17.8 Å². The Balaban J connectivity index is 1.68. The highest BCUT2D eigenvalue weighted by Gasteiger charge is 2.17. The number of aryl methyl sites for hydroxylation is 1. The summed E-state index contributed by atoms with van der Waals surface area (Å²) in [6.07, 6.45) is 2.01. The van der Waals surface area contributed by atoms with Gasteiger partial charge in [-0.15, -0.1) is 11.8 Å². The quantitative estimate of drug-likeness (QED) is 0.510. The van der Waals surface area contributed by atoms with Gasteiger partial charge in [-0.1, -0.05) is 12.1 Å². The van der Waals surface area contributed by atoms with Crippen molar-refractivity contribution in [3.63, 3.8) is 0 Å². The first-order chi connectivity index (χ1) is 14.7. The molecule has 0 saturated heterocycles. The first-order valence-corrected chi connectivity index (χ1v) is 12.2. The van der Waals surface area contributed by atoms with E-state index >= 15 is 0 Å². The summed E-state index contributed by atoms with van der Waals surface area (Å²) >= 11 is 1.66. The third kappa shape index (κ3) is 5.65. The number of nitrogens with zero attached hydrogens (tertiary/aromatic N) is 1. The molecule has 5 nitrogen and oxygen atoms in total. The van der Waals surface area contributed by atoms with E-state index in [1.807, 2.05) is 30.5 Å². The van der Waals surface area contributed by atoms with Crippen LogP contribution in [0.3, 0.4) is 0 Å². The van der Waals surface area contributed by atoms with Gasteiger partial charge in [-0.05, 0) is 78.9 Å². The number of hydrogen-bond donors (Lipinski definition) is 1. The van der Waals surface area contributed by atoms with Gasteiger partial charge >= 0.3 is 0 Å². The van der Waals surface area contributed by atoms with E-state index in [1.165, 1.54) is 31.2 Å². The summed E-state index contributed by atoms with van der Waals surface area (Å²) in [5.41, 5.74) is 2.03. The molecule has 0 aromatic heterocycles. The van der Waals surface area contributed by atoms with Gasteiger partial charge in [-0.2, -0.15) is 0 Å². The average molecular weight is 459 g/mol. The van der Waals surface area contributed by atoms with Gasteiger partial charge < -0.3 is 4.90 Å². The zero-order chi connectivity index (χ0) is 22.6. The Morgan fingerprint density at radius 3 is 2.26 bits per heavy atom. The fourth-order valence-corrected chi connectivity index (χ4v) is 4.53. The number of halogens is 1. The molecule has 0 bridgehead atoms. The zero-order valence-corrected chi connectivity index (χ0v) is 19.1. The minimum Gasteiger partial charge on any atom is -0.337 e. The molecular formula is C23H23FN2O3S2. The third-order valence-corrected chi connectivity index (χ3v) is 6.87. The molecule has 0 unspecified atom stereocenters. The van der Waals surface area contributed by atoms with Gasteiger partial charge in [0.05, 0.1) is 4.90 Å². The highest BCUT2D eigenvalue weighted by atomic mass is 32.2. The van der Waals surface area contributed by atoms with Crippen molar-refractivity contribution in [2.45, 2.75) is 23.3 Å². The minimum absolute atomic E-state index is 0.0289. The molecule has 1 N–H and O–H groups in total. The van der Waals surface area contributed by atoms with Crippen LogP contribution in [0.25, 0.3) is 0 Å². The van der Waals surface area contributed by atoms with Crippen LogP contribution in [0.2, 0.25) is 0 Å². The van der Waals surface area contributed by atoms with Crippen molar-refractivity contribution in [2.24, 2.45) is 0 Å². The highest BCUT2D eigenvalue weighted by Crippen LogP contribution is 2.20. The number of rotatable bonds is 7. The van der Waals surface area contributed by atoms with Gasteiger partial charge in [0.1, 0.15) is 5.82 Å². The second-order valence-electron chi connectivity index (χ2n) is 7.10. The van der Waals surface area contributed by atoms with Gasteiger partial charge in [0.15, 0.2) is 0 Å². The van der Waals surface area contributed by atoms with Crippen molar-refractivity contribution in [1.82, 2.24) is 4.90 Å². The lowest BCUT2D eigenvalue weighted by Gasteiger charge is -2.18. The first kappa shape index (κ1) is 22.8. The molecule has 0 spiro atoms. The van der Waals surface area contributed by atoms with Crippen LogP contribution in [0.1, 0.15) is 21.5 Å². The van der Waals surface area contributed by atoms with E-state index < -0.39 is 15.8 Å². The van der Waals surface area contributed by atoms with E-state index in [2.05, 4.69) is 4.72 Å². The van der Waals surface area contributed by atoms with Gasteiger partial charge in [0.25, 0.3) is 15.9 Å². The van der Waals surface area contributed by atoms with Crippen LogP contribution in [-0.2, 0) is 16.6 Å². The molecule has 0 radical (unpaired) electrons. The standard InChI is InChI=1S/C23H23FN2O3S2/c1-16-14-21(12-13-22(16)24)31(28,29)25-19-8-6-18(7-9-19)23(27)26(2)15-17-4-10-20(30-3)11-5-17/h4-14,25H,15H2,1-3H3. The Kier molecular flexibility index (Phi) is 7.02. The molecule has 1 amide bonds. The highest BCUT2D eigenvalue weighted by molar-refractivity contribution is 7.98. The smallest absolute Gasteiger partial charge is 0.261 e. The van der Waals surface area contributed by atoms with Crippen LogP contribution >= 0.6 is 11.8 Å². The number of nitrogens with one attached hydrogen (secondary N) is 1. The summed E-state index contributed by atoms with van der Waals surface area (Å²) in [4.78, 5) is 15.4. The van der Waals surface area contributed by atoms with Gasteiger partial charge in [0, 0.05) is 29.7 Å². The monoisotopic (exact) mass is 458 g/mol. The molecule has 3 rings (SSSR count). The number of carbonyl (C=O) groups is 1. The number of thioether (sulfide) groups is 1. The summed E-state index contributed by atoms with van der Waals surface area (Å²) in [7, 11) is -2.14. The molecule has 3 aromatic rings. The molecule has 0 aliphatic heterocycles. The van der Waals surface area contributed by atoms with Crippen LogP contribution in [0.4, 0.5) is 10.1 Å². The second-order valence-corrected chi connectivity index (χ2v) is 9.67. The van der Waals surface area contributed by atoms with Crippen molar-refractivity contribution >= 4 is 33.4 Å². The molecule has 0 aliphatic rings. The molecule has 8 heteroatoms. The Hall–Kier alpha value is -2.84. The molecule has 0 atom stereocenters. The summed E-state index contributed by atoms with van der Waals surface area (Å²) in [5, 5.41) is 0. The topological polar surface area (TPSA) is 66.5 Å². The summed E-state index contributed by atoms with van der Waals surface area (Å²) < 4.78 is 40.9. The van der Waals surface area contributed by atoms with Crippen LogP contribution in [0.15, 0.2) is 76.5 Å². The van der Waals surface area contributed by atoms with Crippen molar-refractivity contribution in [3.05, 3.63) is 89.2 Å². The molecule has 0 fully saturated rings. The second kappa shape index (κ2) is 9.53. The number of anilines is 1. The van der Waals surface area contributed by atoms with Crippen molar-refractivity contribution in [1.29, 1.82) is 0 Å². The van der Waals surface area contributed by atoms with Gasteiger partial charge in [-0.3, -0.25) is 9.52 Å². The maximum absolute atomic E-state index is 13.4. The molecular weight excluding hydrogens is 435 g/mol. The van der Waals surface area contributed by atoms with Crippen molar-refractivity contribution < 1.29 is 17.6 Å². The predicted molar refractivity (Wildman–Crippen MR) is 122 cm³/mol. The van der Waals surface area contributed by atoms with Crippen LogP contribution in [-0.4, -0.2) is 32.5 Å². The number of sulfonamides is 1. The van der Waals surface area contributed by atoms with Crippen molar-refractivity contribution in [2.75, 3.05) is 18.0 Å². The SMILES string of the molecule is CSc1ccc(CN(C)C(=O)c2ccc(NS(=O)(=O)c3ccc(F)c(C)c3)cc2)cc1. The third-order valence-electron chi connectivity index (χ3n) is 4.75. The summed E-state index contributed by atoms with van der Waals surface area (Å²) in [6.45, 7) is 1.97. The molecule has 162 valence electrons. The Labute approximate surface area is 186 Å². The van der Waals surface area contributed by atoms with E-state index in [4.69, 9.17) is 0 Å². The first-order valence-electron chi connectivity index (χ1n) is 9.47. The molecule has 0 saturated carbocycles. The van der Waals surface area contributed by atoms with Gasteiger partial charge in [0.2, 0.25) is 0 Å².